The lowest BCUT2D eigenvalue weighted by Gasteiger charge is -2.24. The summed E-state index contributed by atoms with van der Waals surface area (Å²) in [6.45, 7) is 1.93. The summed E-state index contributed by atoms with van der Waals surface area (Å²) in [7, 11) is 3.12. The summed E-state index contributed by atoms with van der Waals surface area (Å²) in [4.78, 5) is 27.5. The van der Waals surface area contributed by atoms with Crippen molar-refractivity contribution < 1.29 is 28.6 Å². The molecule has 7 heteroatoms. The molecule has 0 saturated carbocycles. The quantitative estimate of drug-likeness (QED) is 0.356. The van der Waals surface area contributed by atoms with E-state index in [1.807, 2.05) is 6.92 Å². The number of nitrogens with zero attached hydrogens (tertiary/aromatic N) is 1. The lowest BCUT2D eigenvalue weighted by Crippen LogP contribution is -2.29. The number of benzene rings is 2. The van der Waals surface area contributed by atoms with Gasteiger partial charge in [0.1, 0.15) is 23.0 Å². The number of aliphatic hydroxyl groups is 1. The first-order valence-electron chi connectivity index (χ1n) is 10.0. The Bertz CT molecular complexity index is 1180. The van der Waals surface area contributed by atoms with E-state index in [0.29, 0.717) is 28.4 Å². The van der Waals surface area contributed by atoms with Crippen molar-refractivity contribution in [3.05, 3.63) is 88.9 Å². The topological polar surface area (TPSA) is 89.2 Å². The number of aliphatic hydroxyl groups excluding tert-OH is 1. The Labute approximate surface area is 185 Å². The van der Waals surface area contributed by atoms with Crippen LogP contribution < -0.4 is 9.47 Å². The van der Waals surface area contributed by atoms with Gasteiger partial charge in [0.2, 0.25) is 0 Å². The minimum atomic E-state index is -0.784. The maximum Gasteiger partial charge on any atom is 0.296 e. The number of aryl methyl sites for hydroxylation is 1. The van der Waals surface area contributed by atoms with E-state index in [4.69, 9.17) is 13.9 Å². The molecule has 1 saturated heterocycles. The lowest BCUT2D eigenvalue weighted by atomic mass is 9.94. The first-order valence-corrected chi connectivity index (χ1v) is 10.0. The minimum Gasteiger partial charge on any atom is -0.507 e. The zero-order valence-corrected chi connectivity index (χ0v) is 18.0. The number of carbonyl (C=O) groups excluding carboxylic acids is 2. The zero-order chi connectivity index (χ0) is 22.8. The molecule has 0 radical (unpaired) electrons. The van der Waals surface area contributed by atoms with Crippen LogP contribution in [0.1, 0.15) is 28.5 Å². The summed E-state index contributed by atoms with van der Waals surface area (Å²) in [5.74, 6) is 0.147. The Morgan fingerprint density at radius 1 is 1.06 bits per heavy atom. The molecule has 1 atom stereocenters. The van der Waals surface area contributed by atoms with E-state index in [1.165, 1.54) is 11.2 Å². The largest absolute Gasteiger partial charge is 0.507 e. The number of hydrogen-bond acceptors (Lipinski definition) is 6. The van der Waals surface area contributed by atoms with Crippen LogP contribution in [-0.2, 0) is 16.1 Å². The highest BCUT2D eigenvalue weighted by atomic mass is 16.5. The highest BCUT2D eigenvalue weighted by molar-refractivity contribution is 6.46. The van der Waals surface area contributed by atoms with Crippen LogP contribution in [0.4, 0.5) is 0 Å². The van der Waals surface area contributed by atoms with Gasteiger partial charge in [-0.05, 0) is 60.5 Å². The van der Waals surface area contributed by atoms with Crippen molar-refractivity contribution in [2.75, 3.05) is 14.2 Å². The molecule has 2 heterocycles. The molecule has 7 nitrogen and oxygen atoms in total. The molecule has 0 bridgehead atoms. The van der Waals surface area contributed by atoms with Crippen LogP contribution in [0.5, 0.6) is 11.5 Å². The van der Waals surface area contributed by atoms with Crippen LogP contribution in [0.3, 0.4) is 0 Å². The molecule has 0 aliphatic carbocycles. The Balaban J connectivity index is 1.85. The van der Waals surface area contributed by atoms with Gasteiger partial charge in [-0.25, -0.2) is 0 Å². The van der Waals surface area contributed by atoms with E-state index in [0.717, 1.165) is 5.56 Å². The normalized spacial score (nSPS) is 17.6. The van der Waals surface area contributed by atoms with Gasteiger partial charge in [0, 0.05) is 5.56 Å². The van der Waals surface area contributed by atoms with Gasteiger partial charge in [-0.3, -0.25) is 9.59 Å². The third kappa shape index (κ3) is 3.73. The van der Waals surface area contributed by atoms with E-state index in [-0.39, 0.29) is 17.9 Å². The van der Waals surface area contributed by atoms with Crippen molar-refractivity contribution in [3.63, 3.8) is 0 Å². The summed E-state index contributed by atoms with van der Waals surface area (Å²) >= 11 is 0. The van der Waals surface area contributed by atoms with Gasteiger partial charge >= 0.3 is 0 Å². The Morgan fingerprint density at radius 2 is 1.81 bits per heavy atom. The Hall–Kier alpha value is -4.00. The maximum atomic E-state index is 13.1. The van der Waals surface area contributed by atoms with Gasteiger partial charge in [-0.2, -0.15) is 0 Å². The third-order valence-corrected chi connectivity index (χ3v) is 5.55. The van der Waals surface area contributed by atoms with Crippen LogP contribution in [-0.4, -0.2) is 35.9 Å². The first kappa shape index (κ1) is 21.2. The SMILES string of the molecule is COc1ccc(C2/C(=C(/O)c3ccc(OC)c(C)c3)C(=O)C(=O)N2Cc2ccco2)cc1. The number of rotatable bonds is 6. The molecule has 1 amide bonds. The number of methoxy groups -OCH3 is 2. The minimum absolute atomic E-state index is 0.0243. The number of hydrogen-bond donors (Lipinski definition) is 1. The average molecular weight is 433 g/mol. The highest BCUT2D eigenvalue weighted by Gasteiger charge is 2.46. The summed E-state index contributed by atoms with van der Waals surface area (Å²) < 4.78 is 15.9. The van der Waals surface area contributed by atoms with E-state index >= 15 is 0 Å². The summed E-state index contributed by atoms with van der Waals surface area (Å²) in [5, 5.41) is 11.2. The molecule has 1 aliphatic rings. The average Bonchev–Trinajstić information content (AvgIpc) is 3.41. The molecule has 3 aromatic rings. The van der Waals surface area contributed by atoms with Crippen molar-refractivity contribution >= 4 is 17.4 Å². The second-order valence-electron chi connectivity index (χ2n) is 7.46. The van der Waals surface area contributed by atoms with Gasteiger partial charge in [-0.15, -0.1) is 0 Å². The second kappa shape index (κ2) is 8.63. The van der Waals surface area contributed by atoms with E-state index in [9.17, 15) is 14.7 Å². The summed E-state index contributed by atoms with van der Waals surface area (Å²) in [6.07, 6.45) is 1.51. The number of amides is 1. The van der Waals surface area contributed by atoms with E-state index in [2.05, 4.69) is 0 Å². The molecule has 1 N–H and O–H groups in total. The predicted octanol–water partition coefficient (Wildman–Crippen LogP) is 4.23. The highest BCUT2D eigenvalue weighted by Crippen LogP contribution is 2.41. The Morgan fingerprint density at radius 3 is 2.41 bits per heavy atom. The van der Waals surface area contributed by atoms with Crippen molar-refractivity contribution in [1.29, 1.82) is 0 Å². The van der Waals surface area contributed by atoms with Crippen LogP contribution in [0.2, 0.25) is 0 Å². The number of likely N-dealkylation sites (tertiary alicyclic amines) is 1. The summed E-state index contributed by atoms with van der Waals surface area (Å²) in [6, 6.07) is 14.8. The maximum absolute atomic E-state index is 13.1. The van der Waals surface area contributed by atoms with Gasteiger partial charge in [-0.1, -0.05) is 12.1 Å². The number of Topliss-reactive ketones (excluding diaryl/α,β-unsaturated/α-hetero) is 1. The fourth-order valence-electron chi connectivity index (χ4n) is 3.93. The van der Waals surface area contributed by atoms with Crippen molar-refractivity contribution in [1.82, 2.24) is 4.90 Å². The summed E-state index contributed by atoms with van der Waals surface area (Å²) in [5.41, 5.74) is 1.92. The van der Waals surface area contributed by atoms with Gasteiger partial charge in [0.15, 0.2) is 0 Å². The van der Waals surface area contributed by atoms with Crippen LogP contribution in [0.15, 0.2) is 70.9 Å². The van der Waals surface area contributed by atoms with Gasteiger partial charge < -0.3 is 23.9 Å². The molecule has 1 fully saturated rings. The fraction of sp³-hybridized carbons (Fsp3) is 0.200. The number of carbonyl (C=O) groups is 2. The van der Waals surface area contributed by atoms with E-state index in [1.54, 1.807) is 68.8 Å². The fourth-order valence-corrected chi connectivity index (χ4v) is 3.93. The van der Waals surface area contributed by atoms with Gasteiger partial charge in [0.25, 0.3) is 11.7 Å². The number of furan rings is 1. The molecular weight excluding hydrogens is 410 g/mol. The first-order chi connectivity index (χ1) is 15.4. The molecule has 32 heavy (non-hydrogen) atoms. The third-order valence-electron chi connectivity index (χ3n) is 5.55. The molecular formula is C25H23NO6. The Kier molecular flexibility index (Phi) is 5.73. The molecule has 2 aromatic carbocycles. The lowest BCUT2D eigenvalue weighted by molar-refractivity contribution is -0.140. The molecule has 4 rings (SSSR count). The van der Waals surface area contributed by atoms with E-state index < -0.39 is 17.7 Å². The van der Waals surface area contributed by atoms with Crippen molar-refractivity contribution in [3.8, 4) is 11.5 Å². The number of ketones is 1. The smallest absolute Gasteiger partial charge is 0.296 e. The van der Waals surface area contributed by atoms with Crippen LogP contribution in [0.25, 0.3) is 5.76 Å². The molecule has 1 aromatic heterocycles. The van der Waals surface area contributed by atoms with Crippen molar-refractivity contribution in [2.45, 2.75) is 19.5 Å². The zero-order valence-electron chi connectivity index (χ0n) is 18.0. The monoisotopic (exact) mass is 433 g/mol. The van der Waals surface area contributed by atoms with Crippen LogP contribution >= 0.6 is 0 Å². The van der Waals surface area contributed by atoms with Crippen LogP contribution in [0, 0.1) is 6.92 Å². The second-order valence-corrected chi connectivity index (χ2v) is 7.46. The predicted molar refractivity (Wildman–Crippen MR) is 117 cm³/mol. The molecule has 1 unspecified atom stereocenters. The molecule has 164 valence electrons. The van der Waals surface area contributed by atoms with Crippen molar-refractivity contribution in [2.24, 2.45) is 0 Å². The molecule has 1 aliphatic heterocycles. The molecule has 0 spiro atoms. The van der Waals surface area contributed by atoms with Gasteiger partial charge in [0.05, 0.1) is 38.6 Å². The standard InChI is InChI=1S/C25H23NO6/c1-15-13-17(8-11-20(15)31-3)23(27)21-22(16-6-9-18(30-2)10-7-16)26(25(29)24(21)28)14-19-5-4-12-32-19/h4-13,22,27H,14H2,1-3H3/b23-21-. The number of ether oxygens (including phenoxy) is 2.